The Labute approximate surface area is 216 Å². The van der Waals surface area contributed by atoms with Gasteiger partial charge in [-0.3, -0.25) is 0 Å². The maximum Gasteiger partial charge on any atom is 0.408 e. The van der Waals surface area contributed by atoms with Gasteiger partial charge >= 0.3 is 12.1 Å². The first-order valence-corrected chi connectivity index (χ1v) is 12.2. The lowest BCUT2D eigenvalue weighted by Gasteiger charge is -2.30. The van der Waals surface area contributed by atoms with Gasteiger partial charge in [-0.1, -0.05) is 42.5 Å². The number of hydrogen-bond acceptors (Lipinski definition) is 5. The predicted octanol–water partition coefficient (Wildman–Crippen LogP) is 6.93. The van der Waals surface area contributed by atoms with Crippen LogP contribution in [0.15, 0.2) is 79.0 Å². The number of benzene rings is 3. The number of ether oxygens (including phenoxy) is 3. The number of esters is 1. The van der Waals surface area contributed by atoms with Crippen LogP contribution in [0.5, 0.6) is 11.5 Å². The molecule has 0 aliphatic carbocycles. The van der Waals surface area contributed by atoms with Crippen molar-refractivity contribution in [1.29, 1.82) is 0 Å². The van der Waals surface area contributed by atoms with Gasteiger partial charge in [-0.15, -0.1) is 0 Å². The third-order valence-electron chi connectivity index (χ3n) is 5.82. The molecule has 1 aromatic heterocycles. The van der Waals surface area contributed by atoms with Crippen molar-refractivity contribution in [2.45, 2.75) is 45.8 Å². The third-order valence-corrected chi connectivity index (χ3v) is 5.82. The van der Waals surface area contributed by atoms with Crippen molar-refractivity contribution in [3.8, 4) is 22.6 Å². The molecule has 192 valence electrons. The van der Waals surface area contributed by atoms with Gasteiger partial charge in [0.25, 0.3) is 0 Å². The molecule has 1 heterocycles. The fraction of sp³-hybridized carbons (Fsp3) is 0.267. The van der Waals surface area contributed by atoms with E-state index in [4.69, 9.17) is 14.2 Å². The van der Waals surface area contributed by atoms with Gasteiger partial charge in [0.2, 0.25) is 0 Å². The Morgan fingerprint density at radius 1 is 0.865 bits per heavy atom. The Balaban J connectivity index is 1.62. The molecular formula is C30H32N2O5. The molecule has 0 radical (unpaired) electrons. The second kappa shape index (κ2) is 10.4. The topological polar surface area (TPSA) is 89.6 Å². The molecule has 0 aliphatic heterocycles. The molecule has 0 bridgehead atoms. The summed E-state index contributed by atoms with van der Waals surface area (Å²) < 4.78 is 16.6. The molecule has 0 spiro atoms. The molecule has 4 aromatic rings. The lowest BCUT2D eigenvalue weighted by Crippen LogP contribution is -2.51. The van der Waals surface area contributed by atoms with E-state index in [1.54, 1.807) is 40.8 Å². The van der Waals surface area contributed by atoms with Crippen LogP contribution >= 0.6 is 0 Å². The third kappa shape index (κ3) is 5.94. The van der Waals surface area contributed by atoms with Gasteiger partial charge in [0.1, 0.15) is 17.1 Å². The first-order valence-electron chi connectivity index (χ1n) is 12.2. The number of rotatable bonds is 7. The number of nitrogens with one attached hydrogen (secondary N) is 2. The zero-order valence-corrected chi connectivity index (χ0v) is 21.8. The number of para-hydroxylation sites is 1. The lowest BCUT2D eigenvalue weighted by atomic mass is 9.91. The van der Waals surface area contributed by atoms with Crippen molar-refractivity contribution in [2.24, 2.45) is 0 Å². The summed E-state index contributed by atoms with van der Waals surface area (Å²) in [5, 5.41) is 3.52. The molecule has 1 amide bonds. The Hall–Kier alpha value is -4.26. The van der Waals surface area contributed by atoms with E-state index in [-0.39, 0.29) is 6.61 Å². The summed E-state index contributed by atoms with van der Waals surface area (Å²) >= 11 is 0. The number of amides is 1. The van der Waals surface area contributed by atoms with Crippen LogP contribution < -0.4 is 10.1 Å². The fourth-order valence-corrected chi connectivity index (χ4v) is 4.07. The zero-order chi connectivity index (χ0) is 26.6. The van der Waals surface area contributed by atoms with E-state index in [1.807, 2.05) is 72.8 Å². The van der Waals surface area contributed by atoms with Gasteiger partial charge in [-0.05, 0) is 76.1 Å². The summed E-state index contributed by atoms with van der Waals surface area (Å²) in [6.07, 6.45) is 1.02. The van der Waals surface area contributed by atoms with Crippen molar-refractivity contribution in [3.05, 3.63) is 84.6 Å². The Bertz CT molecular complexity index is 1390. The number of fused-ring (bicyclic) bond motifs is 1. The molecule has 37 heavy (non-hydrogen) atoms. The van der Waals surface area contributed by atoms with Crippen molar-refractivity contribution in [1.82, 2.24) is 10.3 Å². The smallest absolute Gasteiger partial charge is 0.408 e. The first-order chi connectivity index (χ1) is 17.6. The van der Waals surface area contributed by atoms with Crippen molar-refractivity contribution in [3.63, 3.8) is 0 Å². The Morgan fingerprint density at radius 3 is 2.16 bits per heavy atom. The zero-order valence-electron chi connectivity index (χ0n) is 21.8. The number of aromatic amines is 1. The minimum atomic E-state index is -1.45. The van der Waals surface area contributed by atoms with E-state index in [2.05, 4.69) is 10.3 Å². The highest BCUT2D eigenvalue weighted by molar-refractivity contribution is 5.96. The Morgan fingerprint density at radius 2 is 1.51 bits per heavy atom. The number of hydrogen-bond donors (Lipinski definition) is 2. The van der Waals surface area contributed by atoms with Gasteiger partial charge in [-0.2, -0.15) is 0 Å². The molecule has 4 rings (SSSR count). The molecule has 0 fully saturated rings. The van der Waals surface area contributed by atoms with E-state index < -0.39 is 23.2 Å². The standard InChI is InChI=1S/C30H32N2O5/c1-6-35-27(33)30(5,32-28(34)37-29(2,3)4)25-19-31-26-18-21(14-17-24(25)26)20-12-15-23(16-13-20)36-22-10-8-7-9-11-22/h7-19,31H,6H2,1-5H3,(H,32,34). The lowest BCUT2D eigenvalue weighted by molar-refractivity contribution is -0.150. The second-order valence-electron chi connectivity index (χ2n) is 9.87. The largest absolute Gasteiger partial charge is 0.464 e. The molecule has 0 saturated carbocycles. The minimum absolute atomic E-state index is 0.181. The quantitative estimate of drug-likeness (QED) is 0.269. The van der Waals surface area contributed by atoms with Gasteiger partial charge in [-0.25, -0.2) is 9.59 Å². The van der Waals surface area contributed by atoms with Crippen LogP contribution in [-0.2, 0) is 19.8 Å². The predicted molar refractivity (Wildman–Crippen MR) is 144 cm³/mol. The summed E-state index contributed by atoms with van der Waals surface area (Å²) in [6, 6.07) is 23.4. The van der Waals surface area contributed by atoms with E-state index in [1.165, 1.54) is 0 Å². The highest BCUT2D eigenvalue weighted by Crippen LogP contribution is 2.34. The molecular weight excluding hydrogens is 468 g/mol. The van der Waals surface area contributed by atoms with Crippen molar-refractivity contribution in [2.75, 3.05) is 6.61 Å². The van der Waals surface area contributed by atoms with Crippen LogP contribution in [0.2, 0.25) is 0 Å². The molecule has 7 nitrogen and oxygen atoms in total. The Kier molecular flexibility index (Phi) is 7.25. The molecule has 7 heteroatoms. The van der Waals surface area contributed by atoms with Gasteiger partial charge < -0.3 is 24.5 Å². The highest BCUT2D eigenvalue weighted by atomic mass is 16.6. The van der Waals surface area contributed by atoms with Gasteiger partial charge in [0.15, 0.2) is 5.54 Å². The normalized spacial score (nSPS) is 13.0. The molecule has 1 atom stereocenters. The monoisotopic (exact) mass is 500 g/mol. The van der Waals surface area contributed by atoms with E-state index >= 15 is 0 Å². The molecule has 3 aromatic carbocycles. The van der Waals surface area contributed by atoms with Crippen LogP contribution in [0.1, 0.15) is 40.2 Å². The molecule has 0 saturated heterocycles. The highest BCUT2D eigenvalue weighted by Gasteiger charge is 2.41. The van der Waals surface area contributed by atoms with Crippen LogP contribution in [0.3, 0.4) is 0 Å². The van der Waals surface area contributed by atoms with Gasteiger partial charge in [0, 0.05) is 22.7 Å². The average Bonchev–Trinajstić information content (AvgIpc) is 3.28. The minimum Gasteiger partial charge on any atom is -0.464 e. The molecule has 0 aliphatic rings. The first kappa shape index (κ1) is 25.8. The van der Waals surface area contributed by atoms with Crippen molar-refractivity contribution < 1.29 is 23.8 Å². The van der Waals surface area contributed by atoms with Crippen LogP contribution in [0.4, 0.5) is 4.79 Å². The summed E-state index contributed by atoms with van der Waals surface area (Å²) in [4.78, 5) is 28.9. The number of alkyl carbamates (subject to hydrolysis) is 1. The average molecular weight is 501 g/mol. The summed E-state index contributed by atoms with van der Waals surface area (Å²) in [5.41, 5.74) is 1.25. The van der Waals surface area contributed by atoms with Gasteiger partial charge in [0.05, 0.1) is 6.61 Å². The second-order valence-corrected chi connectivity index (χ2v) is 9.87. The van der Waals surface area contributed by atoms with Crippen LogP contribution in [0.25, 0.3) is 22.0 Å². The van der Waals surface area contributed by atoms with E-state index in [0.717, 1.165) is 33.5 Å². The maximum atomic E-state index is 13.0. The molecule has 1 unspecified atom stereocenters. The van der Waals surface area contributed by atoms with E-state index in [0.29, 0.717) is 5.56 Å². The summed E-state index contributed by atoms with van der Waals surface area (Å²) in [6.45, 7) is 8.83. The fourth-order valence-electron chi connectivity index (χ4n) is 4.07. The number of H-pyrrole nitrogens is 1. The number of carbonyl (C=O) groups is 2. The number of carbonyl (C=O) groups excluding carboxylic acids is 2. The SMILES string of the molecule is CCOC(=O)C(C)(NC(=O)OC(C)(C)C)c1c[nH]c2cc(-c3ccc(Oc4ccccc4)cc3)ccc12. The molecule has 2 N–H and O–H groups in total. The summed E-state index contributed by atoms with van der Waals surface area (Å²) in [7, 11) is 0. The number of aromatic nitrogens is 1. The van der Waals surface area contributed by atoms with E-state index in [9.17, 15) is 9.59 Å². The van der Waals surface area contributed by atoms with Crippen molar-refractivity contribution >= 4 is 23.0 Å². The maximum absolute atomic E-state index is 13.0. The summed E-state index contributed by atoms with van der Waals surface area (Å²) in [5.74, 6) is 0.955. The van der Waals surface area contributed by atoms with Crippen LogP contribution in [0, 0.1) is 0 Å². The van der Waals surface area contributed by atoms with Crippen LogP contribution in [-0.4, -0.2) is 29.3 Å².